The molecule has 0 saturated carbocycles. The number of rotatable bonds is 6. The van der Waals surface area contributed by atoms with Gasteiger partial charge >= 0.3 is 18.3 Å². The summed E-state index contributed by atoms with van der Waals surface area (Å²) in [5.74, 6) is -7.39. The molecule has 19 heavy (non-hydrogen) atoms. The van der Waals surface area contributed by atoms with E-state index >= 15 is 0 Å². The number of carboxylic acids is 1. The Bertz CT molecular complexity index is 451. The molecule has 0 aliphatic rings. The lowest BCUT2D eigenvalue weighted by Gasteiger charge is -2.20. The molecular weight excluding hydrogens is 332 g/mol. The SMILES string of the molecule is O=C(O)C(Cc1ccccc1Br)CC(F)(F)C(F)F. The van der Waals surface area contributed by atoms with Crippen LogP contribution in [-0.4, -0.2) is 23.4 Å². The first-order valence-electron chi connectivity index (χ1n) is 5.36. The lowest BCUT2D eigenvalue weighted by atomic mass is 9.93. The van der Waals surface area contributed by atoms with E-state index in [1.807, 2.05) is 0 Å². The molecule has 106 valence electrons. The molecule has 0 saturated heterocycles. The van der Waals surface area contributed by atoms with Gasteiger partial charge in [0.1, 0.15) is 0 Å². The van der Waals surface area contributed by atoms with Crippen LogP contribution < -0.4 is 0 Å². The second-order valence-electron chi connectivity index (χ2n) is 4.10. The van der Waals surface area contributed by atoms with Gasteiger partial charge in [-0.05, 0) is 18.1 Å². The van der Waals surface area contributed by atoms with Crippen LogP contribution in [-0.2, 0) is 11.2 Å². The summed E-state index contributed by atoms with van der Waals surface area (Å²) < 4.78 is 50.6. The Kier molecular flexibility index (Phi) is 5.34. The molecule has 0 bridgehead atoms. The molecule has 2 nitrogen and oxygen atoms in total. The van der Waals surface area contributed by atoms with Gasteiger partial charge in [0.15, 0.2) is 0 Å². The zero-order valence-electron chi connectivity index (χ0n) is 9.62. The van der Waals surface area contributed by atoms with E-state index in [4.69, 9.17) is 5.11 Å². The van der Waals surface area contributed by atoms with Gasteiger partial charge in [0.05, 0.1) is 5.92 Å². The highest BCUT2D eigenvalue weighted by Crippen LogP contribution is 2.32. The average molecular weight is 343 g/mol. The van der Waals surface area contributed by atoms with E-state index in [0.29, 0.717) is 10.0 Å². The van der Waals surface area contributed by atoms with Crippen LogP contribution >= 0.6 is 15.9 Å². The first kappa shape index (κ1) is 15.9. The van der Waals surface area contributed by atoms with Crippen molar-refractivity contribution in [1.29, 1.82) is 0 Å². The van der Waals surface area contributed by atoms with Crippen LogP contribution in [0.25, 0.3) is 0 Å². The summed E-state index contributed by atoms with van der Waals surface area (Å²) in [6, 6.07) is 6.47. The zero-order chi connectivity index (χ0) is 14.6. The predicted octanol–water partition coefficient (Wildman–Crippen LogP) is 3.98. The maximum Gasteiger partial charge on any atom is 0.308 e. The number of carboxylic acid groups (broad SMARTS) is 1. The number of carbonyl (C=O) groups is 1. The lowest BCUT2D eigenvalue weighted by molar-refractivity contribution is -0.159. The Morgan fingerprint density at radius 1 is 1.32 bits per heavy atom. The van der Waals surface area contributed by atoms with Gasteiger partial charge in [0, 0.05) is 10.9 Å². The Hall–Kier alpha value is -1.11. The van der Waals surface area contributed by atoms with Gasteiger partial charge in [-0.25, -0.2) is 17.6 Å². The van der Waals surface area contributed by atoms with E-state index in [2.05, 4.69) is 15.9 Å². The van der Waals surface area contributed by atoms with Crippen molar-refractivity contribution in [3.63, 3.8) is 0 Å². The number of hydrogen-bond donors (Lipinski definition) is 1. The predicted molar refractivity (Wildman–Crippen MR) is 64.5 cm³/mol. The monoisotopic (exact) mass is 342 g/mol. The van der Waals surface area contributed by atoms with Gasteiger partial charge in [0.2, 0.25) is 0 Å². The Labute approximate surface area is 115 Å². The van der Waals surface area contributed by atoms with E-state index in [1.165, 1.54) is 0 Å². The highest BCUT2D eigenvalue weighted by Gasteiger charge is 2.44. The van der Waals surface area contributed by atoms with Crippen LogP contribution in [0.3, 0.4) is 0 Å². The summed E-state index contributed by atoms with van der Waals surface area (Å²) in [7, 11) is 0. The molecule has 0 spiro atoms. The largest absolute Gasteiger partial charge is 0.481 e. The van der Waals surface area contributed by atoms with Gasteiger partial charge in [0.25, 0.3) is 0 Å². The molecule has 1 N–H and O–H groups in total. The fourth-order valence-electron chi connectivity index (χ4n) is 1.59. The van der Waals surface area contributed by atoms with Crippen LogP contribution in [0.2, 0.25) is 0 Å². The van der Waals surface area contributed by atoms with E-state index in [0.717, 1.165) is 0 Å². The van der Waals surface area contributed by atoms with Crippen LogP contribution in [0.15, 0.2) is 28.7 Å². The molecule has 0 aliphatic heterocycles. The smallest absolute Gasteiger partial charge is 0.308 e. The topological polar surface area (TPSA) is 37.3 Å². The molecule has 1 atom stereocenters. The third kappa shape index (κ3) is 4.49. The standard InChI is InChI=1S/C12H11BrF4O2/c13-9-4-2-1-3-7(9)5-8(10(18)19)6-12(16,17)11(14)15/h1-4,8,11H,5-6H2,(H,18,19). The van der Waals surface area contributed by atoms with Crippen molar-refractivity contribution in [2.45, 2.75) is 25.2 Å². The summed E-state index contributed by atoms with van der Waals surface area (Å²) in [4.78, 5) is 10.9. The van der Waals surface area contributed by atoms with Gasteiger partial charge in [-0.2, -0.15) is 0 Å². The first-order valence-corrected chi connectivity index (χ1v) is 6.15. The van der Waals surface area contributed by atoms with Crippen LogP contribution in [0, 0.1) is 5.92 Å². The fourth-order valence-corrected chi connectivity index (χ4v) is 2.04. The normalized spacial score (nSPS) is 13.6. The summed E-state index contributed by atoms with van der Waals surface area (Å²) in [6.45, 7) is 0. The van der Waals surface area contributed by atoms with Crippen molar-refractivity contribution in [2.75, 3.05) is 0 Å². The quantitative estimate of drug-likeness (QED) is 0.794. The van der Waals surface area contributed by atoms with Gasteiger partial charge in [-0.3, -0.25) is 4.79 Å². The number of hydrogen-bond acceptors (Lipinski definition) is 1. The molecule has 1 aromatic carbocycles. The number of halogens is 5. The third-order valence-electron chi connectivity index (χ3n) is 2.61. The summed E-state index contributed by atoms with van der Waals surface area (Å²) in [5, 5.41) is 8.88. The van der Waals surface area contributed by atoms with Crippen molar-refractivity contribution in [1.82, 2.24) is 0 Å². The van der Waals surface area contributed by atoms with Gasteiger partial charge in [-0.1, -0.05) is 34.1 Å². The summed E-state index contributed by atoms with van der Waals surface area (Å²) in [6.07, 6.45) is -5.49. The highest BCUT2D eigenvalue weighted by atomic mass is 79.9. The van der Waals surface area contributed by atoms with Crippen molar-refractivity contribution in [3.8, 4) is 0 Å². The maximum atomic E-state index is 12.9. The maximum absolute atomic E-state index is 12.9. The van der Waals surface area contributed by atoms with Crippen molar-refractivity contribution in [3.05, 3.63) is 34.3 Å². The first-order chi connectivity index (χ1) is 8.74. The third-order valence-corrected chi connectivity index (χ3v) is 3.38. The van der Waals surface area contributed by atoms with E-state index in [9.17, 15) is 22.4 Å². The second-order valence-corrected chi connectivity index (χ2v) is 4.95. The van der Waals surface area contributed by atoms with Crippen LogP contribution in [0.1, 0.15) is 12.0 Å². The Morgan fingerprint density at radius 2 is 1.89 bits per heavy atom. The second kappa shape index (κ2) is 6.36. The molecule has 7 heteroatoms. The molecular formula is C12H11BrF4O2. The molecule has 0 heterocycles. The van der Waals surface area contributed by atoms with E-state index in [-0.39, 0.29) is 6.42 Å². The van der Waals surface area contributed by atoms with Crippen molar-refractivity contribution in [2.24, 2.45) is 5.92 Å². The summed E-state index contributed by atoms with van der Waals surface area (Å²) in [5.41, 5.74) is 0.486. The minimum atomic E-state index is -4.30. The molecule has 0 aliphatic carbocycles. The number of alkyl halides is 4. The lowest BCUT2D eigenvalue weighted by Crippen LogP contribution is -2.33. The van der Waals surface area contributed by atoms with E-state index in [1.54, 1.807) is 24.3 Å². The molecule has 1 rings (SSSR count). The molecule has 0 aromatic heterocycles. The summed E-state index contributed by atoms with van der Waals surface area (Å²) >= 11 is 3.15. The number of benzene rings is 1. The zero-order valence-corrected chi connectivity index (χ0v) is 11.2. The molecule has 0 fully saturated rings. The minimum absolute atomic E-state index is 0.237. The van der Waals surface area contributed by atoms with Crippen LogP contribution in [0.5, 0.6) is 0 Å². The molecule has 0 radical (unpaired) electrons. The minimum Gasteiger partial charge on any atom is -0.481 e. The fraction of sp³-hybridized carbons (Fsp3) is 0.417. The number of aliphatic carboxylic acids is 1. The Morgan fingerprint density at radius 3 is 2.37 bits per heavy atom. The molecule has 1 aromatic rings. The molecule has 1 unspecified atom stereocenters. The van der Waals surface area contributed by atoms with Gasteiger partial charge in [-0.15, -0.1) is 0 Å². The molecule has 0 amide bonds. The Balaban J connectivity index is 2.86. The van der Waals surface area contributed by atoms with Gasteiger partial charge < -0.3 is 5.11 Å². The van der Waals surface area contributed by atoms with Crippen molar-refractivity contribution >= 4 is 21.9 Å². The van der Waals surface area contributed by atoms with Crippen LogP contribution in [0.4, 0.5) is 17.6 Å². The average Bonchev–Trinajstić information content (AvgIpc) is 2.30. The highest BCUT2D eigenvalue weighted by molar-refractivity contribution is 9.10. The van der Waals surface area contributed by atoms with Crippen molar-refractivity contribution < 1.29 is 27.5 Å². The van der Waals surface area contributed by atoms with E-state index < -0.39 is 30.7 Å².